The van der Waals surface area contributed by atoms with Crippen LogP contribution in [0.4, 0.5) is 17.6 Å². The Hall–Kier alpha value is -1.66. The monoisotopic (exact) mass is 288 g/mol. The molecule has 0 aromatic heterocycles. The van der Waals surface area contributed by atoms with E-state index in [4.69, 9.17) is 4.74 Å². The zero-order valence-corrected chi connectivity index (χ0v) is 10.5. The first-order chi connectivity index (χ1) is 9.35. The van der Waals surface area contributed by atoms with Gasteiger partial charge in [-0.15, -0.1) is 13.2 Å². The summed E-state index contributed by atoms with van der Waals surface area (Å²) >= 11 is 0. The molecule has 0 atom stereocenters. The summed E-state index contributed by atoms with van der Waals surface area (Å²) in [6.07, 6.45) is 0.228. The number of alkyl halides is 3. The van der Waals surface area contributed by atoms with E-state index in [-0.39, 0.29) is 0 Å². The third kappa shape index (κ3) is 3.26. The number of hydrogen-bond donors (Lipinski definition) is 0. The predicted octanol–water partition coefficient (Wildman–Crippen LogP) is 3.91. The Morgan fingerprint density at radius 3 is 2.20 bits per heavy atom. The van der Waals surface area contributed by atoms with Gasteiger partial charge in [0.05, 0.1) is 0 Å². The van der Waals surface area contributed by atoms with Crippen LogP contribution in [0.5, 0.6) is 0 Å². The zero-order chi connectivity index (χ0) is 14.8. The normalized spacial score (nSPS) is 25.9. The summed E-state index contributed by atoms with van der Waals surface area (Å²) in [6.45, 7) is 0. The van der Waals surface area contributed by atoms with Crippen LogP contribution in [0.25, 0.3) is 0 Å². The SMILES string of the molecule is COC1(OC(F)(F)F)C=CC(c2ccccc2F)C=C1. The Morgan fingerprint density at radius 2 is 1.70 bits per heavy atom. The van der Waals surface area contributed by atoms with Crippen molar-refractivity contribution in [2.45, 2.75) is 18.1 Å². The molecule has 0 heterocycles. The first-order valence-electron chi connectivity index (χ1n) is 5.80. The van der Waals surface area contributed by atoms with Crippen LogP contribution >= 0.6 is 0 Å². The highest BCUT2D eigenvalue weighted by atomic mass is 19.4. The van der Waals surface area contributed by atoms with Gasteiger partial charge in [-0.2, -0.15) is 0 Å². The molecule has 0 aliphatic heterocycles. The third-order valence-corrected chi connectivity index (χ3v) is 2.93. The summed E-state index contributed by atoms with van der Waals surface area (Å²) in [5.41, 5.74) is 0.372. The average molecular weight is 288 g/mol. The van der Waals surface area contributed by atoms with Gasteiger partial charge in [-0.1, -0.05) is 30.4 Å². The number of ether oxygens (including phenoxy) is 2. The van der Waals surface area contributed by atoms with Crippen LogP contribution in [0.15, 0.2) is 48.6 Å². The summed E-state index contributed by atoms with van der Waals surface area (Å²) in [4.78, 5) is 0. The summed E-state index contributed by atoms with van der Waals surface area (Å²) in [6, 6.07) is 6.06. The van der Waals surface area contributed by atoms with Crippen molar-refractivity contribution in [2.24, 2.45) is 0 Å². The van der Waals surface area contributed by atoms with Gasteiger partial charge in [0.2, 0.25) is 5.79 Å². The second kappa shape index (κ2) is 5.38. The molecular formula is C14H12F4O2. The number of rotatable bonds is 3. The van der Waals surface area contributed by atoms with Crippen molar-refractivity contribution in [2.75, 3.05) is 7.11 Å². The summed E-state index contributed by atoms with van der Waals surface area (Å²) in [5.74, 6) is -2.88. The zero-order valence-electron chi connectivity index (χ0n) is 10.5. The molecule has 0 saturated heterocycles. The quantitative estimate of drug-likeness (QED) is 0.477. The molecule has 0 spiro atoms. The first kappa shape index (κ1) is 14.7. The van der Waals surface area contributed by atoms with Crippen molar-refractivity contribution in [3.8, 4) is 0 Å². The summed E-state index contributed by atoms with van der Waals surface area (Å²) in [5, 5.41) is 0. The van der Waals surface area contributed by atoms with Gasteiger partial charge < -0.3 is 4.74 Å². The molecule has 0 radical (unpaired) electrons. The van der Waals surface area contributed by atoms with Crippen molar-refractivity contribution in [1.29, 1.82) is 0 Å². The Morgan fingerprint density at radius 1 is 1.10 bits per heavy atom. The summed E-state index contributed by atoms with van der Waals surface area (Å²) in [7, 11) is 1.10. The summed E-state index contributed by atoms with van der Waals surface area (Å²) < 4.78 is 59.3. The van der Waals surface area contributed by atoms with Crippen molar-refractivity contribution in [3.05, 3.63) is 60.0 Å². The third-order valence-electron chi connectivity index (χ3n) is 2.93. The number of hydrogen-bond acceptors (Lipinski definition) is 2. The van der Waals surface area contributed by atoms with E-state index in [1.807, 2.05) is 0 Å². The van der Waals surface area contributed by atoms with Crippen molar-refractivity contribution < 1.29 is 27.0 Å². The van der Waals surface area contributed by atoms with E-state index in [1.165, 1.54) is 18.2 Å². The van der Waals surface area contributed by atoms with Crippen LogP contribution < -0.4 is 0 Å². The predicted molar refractivity (Wildman–Crippen MR) is 64.3 cm³/mol. The van der Waals surface area contributed by atoms with Gasteiger partial charge in [0.1, 0.15) is 5.82 Å². The lowest BCUT2D eigenvalue weighted by molar-refractivity contribution is -0.388. The highest BCUT2D eigenvalue weighted by molar-refractivity contribution is 5.34. The maximum Gasteiger partial charge on any atom is 0.525 e. The molecule has 2 nitrogen and oxygen atoms in total. The van der Waals surface area contributed by atoms with E-state index in [1.54, 1.807) is 18.2 Å². The van der Waals surface area contributed by atoms with Crippen LogP contribution in [0, 0.1) is 5.82 Å². The van der Waals surface area contributed by atoms with Gasteiger partial charge in [0.25, 0.3) is 0 Å². The average Bonchev–Trinajstić information content (AvgIpc) is 2.39. The fourth-order valence-electron chi connectivity index (χ4n) is 1.97. The minimum absolute atomic E-state index is 0.372. The first-order valence-corrected chi connectivity index (χ1v) is 5.80. The highest BCUT2D eigenvalue weighted by Gasteiger charge is 2.42. The fourth-order valence-corrected chi connectivity index (χ4v) is 1.97. The molecule has 1 aliphatic carbocycles. The molecule has 20 heavy (non-hydrogen) atoms. The van der Waals surface area contributed by atoms with Crippen LogP contribution in [-0.2, 0) is 9.47 Å². The van der Waals surface area contributed by atoms with Gasteiger partial charge in [-0.25, -0.2) is 4.39 Å². The molecule has 0 fully saturated rings. The molecular weight excluding hydrogens is 276 g/mol. The molecule has 1 aliphatic rings. The standard InChI is InChI=1S/C14H12F4O2/c1-19-13(20-14(16,17)18)8-6-10(7-9-13)11-4-2-3-5-12(11)15/h2-10H,1H3. The maximum atomic E-state index is 13.6. The van der Waals surface area contributed by atoms with Gasteiger partial charge in [-0.05, 0) is 23.8 Å². The largest absolute Gasteiger partial charge is 0.525 e. The molecule has 0 unspecified atom stereocenters. The minimum Gasteiger partial charge on any atom is -0.346 e. The Bertz CT molecular complexity index is 520. The second-order valence-corrected chi connectivity index (χ2v) is 4.24. The molecule has 1 aromatic rings. The van der Waals surface area contributed by atoms with Crippen LogP contribution in [0.1, 0.15) is 11.5 Å². The molecule has 2 rings (SSSR count). The lowest BCUT2D eigenvalue weighted by Crippen LogP contribution is -2.37. The number of halogens is 4. The van der Waals surface area contributed by atoms with Crippen molar-refractivity contribution in [3.63, 3.8) is 0 Å². The van der Waals surface area contributed by atoms with E-state index in [2.05, 4.69) is 4.74 Å². The smallest absolute Gasteiger partial charge is 0.346 e. The van der Waals surface area contributed by atoms with Crippen molar-refractivity contribution >= 4 is 0 Å². The van der Waals surface area contributed by atoms with E-state index in [0.717, 1.165) is 19.3 Å². The van der Waals surface area contributed by atoms with Crippen LogP contribution in [0.3, 0.4) is 0 Å². The molecule has 1 aromatic carbocycles. The number of methoxy groups -OCH3 is 1. The Labute approximate surface area is 113 Å². The minimum atomic E-state index is -4.84. The lowest BCUT2D eigenvalue weighted by atomic mass is 9.92. The molecule has 0 amide bonds. The van der Waals surface area contributed by atoms with Crippen LogP contribution in [-0.4, -0.2) is 19.3 Å². The van der Waals surface area contributed by atoms with Crippen LogP contribution in [0.2, 0.25) is 0 Å². The van der Waals surface area contributed by atoms with Crippen molar-refractivity contribution in [1.82, 2.24) is 0 Å². The molecule has 0 bridgehead atoms. The molecule has 0 saturated carbocycles. The second-order valence-electron chi connectivity index (χ2n) is 4.24. The van der Waals surface area contributed by atoms with Gasteiger partial charge >= 0.3 is 6.36 Å². The maximum absolute atomic E-state index is 13.6. The lowest BCUT2D eigenvalue weighted by Gasteiger charge is -2.30. The van der Waals surface area contributed by atoms with Gasteiger partial charge in [0, 0.05) is 13.0 Å². The molecule has 108 valence electrons. The van der Waals surface area contributed by atoms with Gasteiger partial charge in [0.15, 0.2) is 0 Å². The Balaban J connectivity index is 2.22. The highest BCUT2D eigenvalue weighted by Crippen LogP contribution is 2.34. The molecule has 6 heteroatoms. The number of allylic oxidation sites excluding steroid dienone is 2. The van der Waals surface area contributed by atoms with E-state index in [0.29, 0.717) is 5.56 Å². The molecule has 0 N–H and O–H groups in total. The Kier molecular flexibility index (Phi) is 3.96. The topological polar surface area (TPSA) is 18.5 Å². The van der Waals surface area contributed by atoms with E-state index >= 15 is 0 Å². The van der Waals surface area contributed by atoms with E-state index < -0.39 is 23.9 Å². The number of benzene rings is 1. The fraction of sp³-hybridized carbons (Fsp3) is 0.286. The van der Waals surface area contributed by atoms with Gasteiger partial charge in [-0.3, -0.25) is 4.74 Å². The van der Waals surface area contributed by atoms with E-state index in [9.17, 15) is 17.6 Å².